The quantitative estimate of drug-likeness (QED) is 0.815. The number of rotatable bonds is 2. The van der Waals surface area contributed by atoms with Crippen LogP contribution in [0.5, 0.6) is 0 Å². The number of nitrogens with one attached hydrogen (secondary N) is 1. The highest BCUT2D eigenvalue weighted by molar-refractivity contribution is 6.33. The first kappa shape index (κ1) is 14.5. The largest absolute Gasteiger partial charge is 0.466 e. The van der Waals surface area contributed by atoms with Crippen molar-refractivity contribution < 1.29 is 9.21 Å². The Morgan fingerprint density at radius 1 is 1.24 bits per heavy atom. The van der Waals surface area contributed by atoms with Crippen molar-refractivity contribution in [2.24, 2.45) is 0 Å². The van der Waals surface area contributed by atoms with Gasteiger partial charge in [-0.1, -0.05) is 11.6 Å². The molecule has 1 aromatic heterocycles. The lowest BCUT2D eigenvalue weighted by atomic mass is 9.98. The third kappa shape index (κ3) is 2.34. The number of carbonyl (C=O) groups is 1. The molecule has 0 spiro atoms. The fourth-order valence-electron chi connectivity index (χ4n) is 2.80. The number of carbonyl (C=O) groups excluding carboxylic acids is 1. The smallest absolute Gasteiger partial charge is 0.228 e. The van der Waals surface area contributed by atoms with Gasteiger partial charge < -0.3 is 9.73 Å². The molecule has 2 aromatic rings. The number of furan rings is 1. The minimum Gasteiger partial charge on any atom is -0.466 e. The molecule has 1 aliphatic rings. The first-order chi connectivity index (χ1) is 9.88. The molecule has 110 valence electrons. The standard InChI is InChI=1S/C16H15Cl2NO2/c1-7-8(2)21-9(3)15(7)16(18)11-4-10-5-14(20)19-13(10)6-12(11)17/h4,6,16H,5H2,1-3H3,(H,19,20). The summed E-state index contributed by atoms with van der Waals surface area (Å²) in [5.41, 5.74) is 4.50. The van der Waals surface area contributed by atoms with Crippen LogP contribution in [0.3, 0.4) is 0 Å². The number of benzene rings is 1. The Hall–Kier alpha value is -1.45. The van der Waals surface area contributed by atoms with E-state index in [9.17, 15) is 4.79 Å². The molecule has 1 amide bonds. The van der Waals surface area contributed by atoms with Crippen molar-refractivity contribution in [3.8, 4) is 0 Å². The zero-order valence-electron chi connectivity index (χ0n) is 12.0. The van der Waals surface area contributed by atoms with Gasteiger partial charge in [-0.3, -0.25) is 4.79 Å². The number of halogens is 2. The van der Waals surface area contributed by atoms with E-state index in [4.69, 9.17) is 27.6 Å². The average molecular weight is 324 g/mol. The first-order valence-corrected chi connectivity index (χ1v) is 7.52. The van der Waals surface area contributed by atoms with E-state index >= 15 is 0 Å². The van der Waals surface area contributed by atoms with E-state index in [-0.39, 0.29) is 5.91 Å². The summed E-state index contributed by atoms with van der Waals surface area (Å²) in [6, 6.07) is 3.68. The maximum absolute atomic E-state index is 11.5. The van der Waals surface area contributed by atoms with Crippen LogP contribution in [0, 0.1) is 20.8 Å². The third-order valence-corrected chi connectivity index (χ3v) is 4.77. The van der Waals surface area contributed by atoms with Crippen molar-refractivity contribution in [2.45, 2.75) is 32.6 Å². The number of fused-ring (bicyclic) bond motifs is 1. The molecule has 0 saturated carbocycles. The maximum atomic E-state index is 11.5. The lowest BCUT2D eigenvalue weighted by Gasteiger charge is -2.14. The van der Waals surface area contributed by atoms with Crippen molar-refractivity contribution in [1.29, 1.82) is 0 Å². The average Bonchev–Trinajstić information content (AvgIpc) is 2.87. The van der Waals surface area contributed by atoms with E-state index in [1.807, 2.05) is 26.8 Å². The normalized spacial score (nSPS) is 15.0. The molecule has 21 heavy (non-hydrogen) atoms. The van der Waals surface area contributed by atoms with Crippen molar-refractivity contribution in [2.75, 3.05) is 5.32 Å². The van der Waals surface area contributed by atoms with Crippen LogP contribution in [0.1, 0.15) is 39.2 Å². The number of hydrogen-bond donors (Lipinski definition) is 1. The van der Waals surface area contributed by atoms with Gasteiger partial charge in [-0.25, -0.2) is 0 Å². The molecule has 0 aliphatic carbocycles. The van der Waals surface area contributed by atoms with Crippen LogP contribution in [0.25, 0.3) is 0 Å². The predicted molar refractivity (Wildman–Crippen MR) is 84.4 cm³/mol. The Kier molecular flexibility index (Phi) is 3.50. The van der Waals surface area contributed by atoms with Gasteiger partial charge in [0.1, 0.15) is 11.5 Å². The van der Waals surface area contributed by atoms with Crippen LogP contribution in [-0.4, -0.2) is 5.91 Å². The fraction of sp³-hybridized carbons (Fsp3) is 0.312. The Morgan fingerprint density at radius 2 is 1.95 bits per heavy atom. The molecule has 1 aliphatic heterocycles. The highest BCUT2D eigenvalue weighted by atomic mass is 35.5. The van der Waals surface area contributed by atoms with Crippen LogP contribution in [-0.2, 0) is 11.2 Å². The lowest BCUT2D eigenvalue weighted by molar-refractivity contribution is -0.115. The Bertz CT molecular complexity index is 749. The van der Waals surface area contributed by atoms with Crippen LogP contribution >= 0.6 is 23.2 Å². The third-order valence-electron chi connectivity index (χ3n) is 3.99. The molecule has 1 N–H and O–H groups in total. The number of alkyl halides is 1. The summed E-state index contributed by atoms with van der Waals surface area (Å²) in [6.45, 7) is 5.81. The van der Waals surface area contributed by atoms with E-state index in [2.05, 4.69) is 5.32 Å². The van der Waals surface area contributed by atoms with E-state index in [1.54, 1.807) is 6.07 Å². The summed E-state index contributed by atoms with van der Waals surface area (Å²) in [5, 5.41) is 2.94. The van der Waals surface area contributed by atoms with Crippen LogP contribution in [0.4, 0.5) is 5.69 Å². The summed E-state index contributed by atoms with van der Waals surface area (Å²) in [6.07, 6.45) is 0.367. The SMILES string of the molecule is Cc1oc(C)c(C(Cl)c2cc3c(cc2Cl)NC(=O)C3)c1C. The molecule has 0 bridgehead atoms. The van der Waals surface area contributed by atoms with Gasteiger partial charge in [0.15, 0.2) is 0 Å². The van der Waals surface area contributed by atoms with E-state index in [1.165, 1.54) is 0 Å². The van der Waals surface area contributed by atoms with Gasteiger partial charge in [-0.2, -0.15) is 0 Å². The molecular weight excluding hydrogens is 309 g/mol. The van der Waals surface area contributed by atoms with E-state index < -0.39 is 5.38 Å². The second-order valence-electron chi connectivity index (χ2n) is 5.37. The minimum absolute atomic E-state index is 0.0177. The van der Waals surface area contributed by atoms with Crippen molar-refractivity contribution >= 4 is 34.8 Å². The highest BCUT2D eigenvalue weighted by Gasteiger charge is 2.26. The van der Waals surface area contributed by atoms with Crippen LogP contribution < -0.4 is 5.32 Å². The highest BCUT2D eigenvalue weighted by Crippen LogP contribution is 2.41. The Balaban J connectivity index is 2.08. The molecule has 1 aromatic carbocycles. The maximum Gasteiger partial charge on any atom is 0.228 e. The van der Waals surface area contributed by atoms with Gasteiger partial charge in [0.05, 0.1) is 11.8 Å². The van der Waals surface area contributed by atoms with Gasteiger partial charge in [0.2, 0.25) is 5.91 Å². The van der Waals surface area contributed by atoms with Crippen molar-refractivity contribution in [3.05, 3.63) is 50.9 Å². The topological polar surface area (TPSA) is 42.2 Å². The molecule has 1 atom stereocenters. The first-order valence-electron chi connectivity index (χ1n) is 6.71. The van der Waals surface area contributed by atoms with Gasteiger partial charge in [0.25, 0.3) is 0 Å². The van der Waals surface area contributed by atoms with Gasteiger partial charge in [0, 0.05) is 16.3 Å². The van der Waals surface area contributed by atoms with Crippen LogP contribution in [0.2, 0.25) is 5.02 Å². The summed E-state index contributed by atoms with van der Waals surface area (Å²) in [5.74, 6) is 1.65. The lowest BCUT2D eigenvalue weighted by Crippen LogP contribution is -2.03. The Labute approximate surface area is 133 Å². The van der Waals surface area contributed by atoms with Crippen molar-refractivity contribution in [1.82, 2.24) is 0 Å². The molecular formula is C16H15Cl2NO2. The van der Waals surface area contributed by atoms with E-state index in [0.29, 0.717) is 11.4 Å². The number of aryl methyl sites for hydroxylation is 2. The fourth-order valence-corrected chi connectivity index (χ4v) is 3.63. The predicted octanol–water partition coefficient (Wildman–Crippen LogP) is 4.68. The summed E-state index contributed by atoms with van der Waals surface area (Å²) in [7, 11) is 0. The summed E-state index contributed by atoms with van der Waals surface area (Å²) < 4.78 is 5.64. The minimum atomic E-state index is -0.393. The number of hydrogen-bond acceptors (Lipinski definition) is 2. The molecule has 3 nitrogen and oxygen atoms in total. The zero-order valence-corrected chi connectivity index (χ0v) is 13.5. The summed E-state index contributed by atoms with van der Waals surface area (Å²) >= 11 is 13.0. The molecule has 3 rings (SSSR count). The van der Waals surface area contributed by atoms with Gasteiger partial charge in [-0.05, 0) is 49.6 Å². The monoisotopic (exact) mass is 323 g/mol. The Morgan fingerprint density at radius 3 is 2.57 bits per heavy atom. The molecule has 2 heterocycles. The van der Waals surface area contributed by atoms with Crippen molar-refractivity contribution in [3.63, 3.8) is 0 Å². The second-order valence-corrected chi connectivity index (χ2v) is 6.22. The van der Waals surface area contributed by atoms with E-state index in [0.717, 1.165) is 39.5 Å². The second kappa shape index (κ2) is 5.08. The number of amides is 1. The molecule has 1 unspecified atom stereocenters. The summed E-state index contributed by atoms with van der Waals surface area (Å²) in [4.78, 5) is 11.5. The van der Waals surface area contributed by atoms with Gasteiger partial charge in [-0.15, -0.1) is 11.6 Å². The number of anilines is 1. The van der Waals surface area contributed by atoms with Gasteiger partial charge >= 0.3 is 0 Å². The molecule has 5 heteroatoms. The molecule has 0 saturated heterocycles. The molecule has 0 fully saturated rings. The zero-order chi connectivity index (χ0) is 15.3. The van der Waals surface area contributed by atoms with Crippen LogP contribution in [0.15, 0.2) is 16.5 Å². The molecule has 0 radical (unpaired) electrons.